The lowest BCUT2D eigenvalue weighted by Crippen LogP contribution is -2.50. The van der Waals surface area contributed by atoms with Gasteiger partial charge in [0.15, 0.2) is 0 Å². The highest BCUT2D eigenvalue weighted by Gasteiger charge is 2.50. The maximum Gasteiger partial charge on any atom is 0.223 e. The summed E-state index contributed by atoms with van der Waals surface area (Å²) in [6.07, 6.45) is 13.6. The summed E-state index contributed by atoms with van der Waals surface area (Å²) in [5, 5.41) is 3.20. The van der Waals surface area contributed by atoms with Crippen LogP contribution in [-0.4, -0.2) is 17.0 Å². The maximum atomic E-state index is 12.8. The minimum Gasteiger partial charge on any atom is -0.474 e. The molecule has 1 aromatic heterocycles. The van der Waals surface area contributed by atoms with E-state index in [-0.39, 0.29) is 11.8 Å². The normalized spacial score (nSPS) is 35.6. The van der Waals surface area contributed by atoms with Gasteiger partial charge in [0, 0.05) is 24.7 Å². The van der Waals surface area contributed by atoms with E-state index in [1.54, 1.807) is 0 Å². The number of aromatic nitrogens is 1. The summed E-state index contributed by atoms with van der Waals surface area (Å²) in [5.41, 5.74) is 1.06. The van der Waals surface area contributed by atoms with Crippen molar-refractivity contribution >= 4 is 5.91 Å². The number of nitrogens with zero attached hydrogens (tertiary/aromatic N) is 1. The van der Waals surface area contributed by atoms with Gasteiger partial charge in [-0.1, -0.05) is 6.07 Å². The number of ether oxygens (including phenoxy) is 1. The number of rotatable bonds is 5. The minimum atomic E-state index is 0.265. The van der Waals surface area contributed by atoms with Crippen molar-refractivity contribution < 1.29 is 9.53 Å². The molecule has 1 N–H and O–H groups in total. The fraction of sp³-hybridized carbons (Fsp3) is 0.727. The van der Waals surface area contributed by atoms with Crippen molar-refractivity contribution in [3.05, 3.63) is 23.9 Å². The lowest BCUT2D eigenvalue weighted by atomic mass is 9.51. The van der Waals surface area contributed by atoms with E-state index >= 15 is 0 Å². The molecular formula is C22H30N2O2. The van der Waals surface area contributed by atoms with Crippen LogP contribution in [0.5, 0.6) is 5.88 Å². The van der Waals surface area contributed by atoms with Crippen LogP contribution in [0.25, 0.3) is 0 Å². The van der Waals surface area contributed by atoms with Crippen LogP contribution >= 0.6 is 0 Å². The van der Waals surface area contributed by atoms with Crippen LogP contribution < -0.4 is 10.1 Å². The molecule has 5 aliphatic carbocycles. The fourth-order valence-corrected chi connectivity index (χ4v) is 6.42. The van der Waals surface area contributed by atoms with Crippen LogP contribution in [0.3, 0.4) is 0 Å². The molecule has 140 valence electrons. The zero-order chi connectivity index (χ0) is 17.5. The average molecular weight is 354 g/mol. The zero-order valence-electron chi connectivity index (χ0n) is 15.5. The third-order valence-corrected chi connectivity index (χ3v) is 7.38. The number of amides is 1. The Bertz CT molecular complexity index is 623. The van der Waals surface area contributed by atoms with Crippen molar-refractivity contribution in [2.45, 2.75) is 70.4 Å². The maximum absolute atomic E-state index is 12.8. The molecular weight excluding hydrogens is 324 g/mol. The average Bonchev–Trinajstić information content (AvgIpc) is 3.13. The summed E-state index contributed by atoms with van der Waals surface area (Å²) in [6, 6.07) is 3.98. The Morgan fingerprint density at radius 1 is 1.04 bits per heavy atom. The molecule has 1 aromatic rings. The van der Waals surface area contributed by atoms with Gasteiger partial charge in [0.2, 0.25) is 11.8 Å². The lowest BCUT2D eigenvalue weighted by molar-refractivity contribution is -0.138. The van der Waals surface area contributed by atoms with Gasteiger partial charge >= 0.3 is 0 Å². The summed E-state index contributed by atoms with van der Waals surface area (Å²) < 4.78 is 5.92. The summed E-state index contributed by atoms with van der Waals surface area (Å²) in [4.78, 5) is 17.3. The second-order valence-electron chi connectivity index (χ2n) is 9.20. The van der Waals surface area contributed by atoms with Crippen LogP contribution in [0.4, 0.5) is 0 Å². The van der Waals surface area contributed by atoms with E-state index in [1.165, 1.54) is 44.9 Å². The second kappa shape index (κ2) is 6.86. The molecule has 26 heavy (non-hydrogen) atoms. The van der Waals surface area contributed by atoms with Gasteiger partial charge in [0.25, 0.3) is 0 Å². The van der Waals surface area contributed by atoms with Crippen molar-refractivity contribution in [2.75, 3.05) is 0 Å². The lowest BCUT2D eigenvalue weighted by Gasteiger charge is -2.53. The van der Waals surface area contributed by atoms with Crippen LogP contribution in [-0.2, 0) is 11.3 Å². The van der Waals surface area contributed by atoms with E-state index in [9.17, 15) is 4.79 Å². The molecule has 0 radical (unpaired) electrons. The Balaban J connectivity index is 1.15. The molecule has 0 aromatic carbocycles. The molecule has 6 rings (SSSR count). The number of hydrogen-bond acceptors (Lipinski definition) is 3. The predicted octanol–water partition coefficient (Wildman–Crippen LogP) is 4.09. The van der Waals surface area contributed by atoms with Crippen molar-refractivity contribution in [3.8, 4) is 5.88 Å². The van der Waals surface area contributed by atoms with Crippen LogP contribution in [0.1, 0.15) is 63.4 Å². The van der Waals surface area contributed by atoms with Gasteiger partial charge in [0.05, 0.1) is 0 Å². The topological polar surface area (TPSA) is 51.2 Å². The number of carbonyl (C=O) groups is 1. The van der Waals surface area contributed by atoms with Gasteiger partial charge < -0.3 is 10.1 Å². The van der Waals surface area contributed by atoms with Gasteiger partial charge in [-0.15, -0.1) is 0 Å². The van der Waals surface area contributed by atoms with Crippen LogP contribution in [0, 0.1) is 29.6 Å². The molecule has 5 saturated carbocycles. The van der Waals surface area contributed by atoms with E-state index in [0.717, 1.165) is 30.2 Å². The second-order valence-corrected chi connectivity index (χ2v) is 9.20. The zero-order valence-corrected chi connectivity index (χ0v) is 15.5. The molecule has 5 aliphatic rings. The van der Waals surface area contributed by atoms with Crippen LogP contribution in [0.15, 0.2) is 18.3 Å². The molecule has 1 amide bonds. The largest absolute Gasteiger partial charge is 0.474 e. The highest BCUT2D eigenvalue weighted by molar-refractivity contribution is 5.79. The molecule has 0 aliphatic heterocycles. The summed E-state index contributed by atoms with van der Waals surface area (Å²) in [5.74, 6) is 4.38. The van der Waals surface area contributed by atoms with E-state index < -0.39 is 0 Å². The van der Waals surface area contributed by atoms with Crippen molar-refractivity contribution in [1.29, 1.82) is 0 Å². The van der Waals surface area contributed by atoms with E-state index in [0.29, 0.717) is 30.4 Å². The SMILES string of the molecule is O=C(NCc1ccc(OC2CCCC2)nc1)C1C2CC3CC(C2)CC1C3. The molecule has 0 spiro atoms. The number of hydrogen-bond donors (Lipinski definition) is 1. The summed E-state index contributed by atoms with van der Waals surface area (Å²) in [6.45, 7) is 0.582. The van der Waals surface area contributed by atoms with Gasteiger partial charge in [0.1, 0.15) is 6.10 Å². The first-order valence-electron chi connectivity index (χ1n) is 10.6. The smallest absolute Gasteiger partial charge is 0.223 e. The Kier molecular flexibility index (Phi) is 4.38. The standard InChI is InChI=1S/C22H30N2O2/c25-22(21-17-8-15-7-16(10-17)11-18(21)9-15)24-13-14-5-6-20(23-12-14)26-19-3-1-2-4-19/h5-6,12,15-19,21H,1-4,7-11,13H2,(H,24,25). The summed E-state index contributed by atoms with van der Waals surface area (Å²) >= 11 is 0. The van der Waals surface area contributed by atoms with Crippen LogP contribution in [0.2, 0.25) is 0 Å². The van der Waals surface area contributed by atoms with E-state index in [4.69, 9.17) is 4.74 Å². The molecule has 0 unspecified atom stereocenters. The quantitative estimate of drug-likeness (QED) is 0.866. The van der Waals surface area contributed by atoms with Crippen molar-refractivity contribution in [2.24, 2.45) is 29.6 Å². The summed E-state index contributed by atoms with van der Waals surface area (Å²) in [7, 11) is 0. The Labute approximate surface area is 156 Å². The predicted molar refractivity (Wildman–Crippen MR) is 99.5 cm³/mol. The molecule has 4 nitrogen and oxygen atoms in total. The van der Waals surface area contributed by atoms with Gasteiger partial charge in [-0.25, -0.2) is 4.98 Å². The third-order valence-electron chi connectivity index (χ3n) is 7.38. The molecule has 4 heteroatoms. The molecule has 4 bridgehead atoms. The Hall–Kier alpha value is -1.58. The first-order valence-corrected chi connectivity index (χ1v) is 10.6. The first-order chi connectivity index (χ1) is 12.7. The number of pyridine rings is 1. The molecule has 5 fully saturated rings. The third kappa shape index (κ3) is 3.23. The minimum absolute atomic E-state index is 0.265. The fourth-order valence-electron chi connectivity index (χ4n) is 6.42. The Morgan fingerprint density at radius 2 is 1.73 bits per heavy atom. The molecule has 1 heterocycles. The molecule has 0 atom stereocenters. The van der Waals surface area contributed by atoms with Gasteiger partial charge in [-0.2, -0.15) is 0 Å². The number of nitrogens with one attached hydrogen (secondary N) is 1. The monoisotopic (exact) mass is 354 g/mol. The van der Waals surface area contributed by atoms with Gasteiger partial charge in [-0.3, -0.25) is 4.79 Å². The van der Waals surface area contributed by atoms with E-state index in [2.05, 4.69) is 10.3 Å². The van der Waals surface area contributed by atoms with Crippen molar-refractivity contribution in [3.63, 3.8) is 0 Å². The Morgan fingerprint density at radius 3 is 2.35 bits per heavy atom. The van der Waals surface area contributed by atoms with E-state index in [1.807, 2.05) is 18.3 Å². The first kappa shape index (κ1) is 16.6. The highest BCUT2D eigenvalue weighted by atomic mass is 16.5. The highest BCUT2D eigenvalue weighted by Crippen LogP contribution is 2.56. The van der Waals surface area contributed by atoms with Crippen molar-refractivity contribution in [1.82, 2.24) is 10.3 Å². The van der Waals surface area contributed by atoms with Gasteiger partial charge in [-0.05, 0) is 87.0 Å². The molecule has 0 saturated heterocycles. The number of carbonyl (C=O) groups excluding carboxylic acids is 1.